The SMILES string of the molecule is Cc1ccc(CCN2C(=O)CCC2(C)C(=O)NC2CCC(C)CC2)cc1. The van der Waals surface area contributed by atoms with Gasteiger partial charge in [0.05, 0.1) is 0 Å². The maximum Gasteiger partial charge on any atom is 0.245 e. The molecule has 1 aliphatic carbocycles. The van der Waals surface area contributed by atoms with Gasteiger partial charge in [0.25, 0.3) is 0 Å². The number of nitrogens with one attached hydrogen (secondary N) is 1. The van der Waals surface area contributed by atoms with Crippen molar-refractivity contribution >= 4 is 11.8 Å². The van der Waals surface area contributed by atoms with E-state index in [-0.39, 0.29) is 17.9 Å². The maximum absolute atomic E-state index is 13.0. The van der Waals surface area contributed by atoms with Crippen molar-refractivity contribution in [2.24, 2.45) is 5.92 Å². The Morgan fingerprint density at radius 3 is 2.50 bits per heavy atom. The molecule has 1 aromatic rings. The molecule has 4 nitrogen and oxygen atoms in total. The van der Waals surface area contributed by atoms with Crippen LogP contribution >= 0.6 is 0 Å². The summed E-state index contributed by atoms with van der Waals surface area (Å²) in [6, 6.07) is 8.67. The van der Waals surface area contributed by atoms with E-state index in [9.17, 15) is 9.59 Å². The standard InChI is InChI=1S/C22H32N2O2/c1-16-4-8-18(9-5-16)13-15-24-20(25)12-14-22(24,3)21(26)23-19-10-6-17(2)7-11-19/h4-5,8-9,17,19H,6-7,10-15H2,1-3H3,(H,23,26). The molecule has 1 N–H and O–H groups in total. The molecular formula is C22H32N2O2. The third kappa shape index (κ3) is 4.11. The fourth-order valence-electron chi connectivity index (χ4n) is 4.24. The summed E-state index contributed by atoms with van der Waals surface area (Å²) in [6.45, 7) is 6.89. The van der Waals surface area contributed by atoms with Crippen LogP contribution in [-0.4, -0.2) is 34.8 Å². The Hall–Kier alpha value is -1.84. The predicted molar refractivity (Wildman–Crippen MR) is 104 cm³/mol. The first kappa shape index (κ1) is 18.9. The van der Waals surface area contributed by atoms with Gasteiger partial charge in [-0.3, -0.25) is 9.59 Å². The molecule has 3 rings (SSSR count). The lowest BCUT2D eigenvalue weighted by molar-refractivity contribution is -0.141. The number of nitrogens with zero attached hydrogens (tertiary/aromatic N) is 1. The van der Waals surface area contributed by atoms with Crippen LogP contribution in [0.25, 0.3) is 0 Å². The lowest BCUT2D eigenvalue weighted by Crippen LogP contribution is -2.57. The highest BCUT2D eigenvalue weighted by Crippen LogP contribution is 2.32. The van der Waals surface area contributed by atoms with Gasteiger partial charge in [0.15, 0.2) is 0 Å². The zero-order chi connectivity index (χ0) is 18.7. The lowest BCUT2D eigenvalue weighted by atomic mass is 9.86. The first-order valence-corrected chi connectivity index (χ1v) is 10.1. The highest BCUT2D eigenvalue weighted by atomic mass is 16.2. The van der Waals surface area contributed by atoms with Gasteiger partial charge in [-0.25, -0.2) is 0 Å². The summed E-state index contributed by atoms with van der Waals surface area (Å²) in [5, 5.41) is 3.25. The molecule has 2 fully saturated rings. The average molecular weight is 357 g/mol. The van der Waals surface area contributed by atoms with Crippen LogP contribution in [0.5, 0.6) is 0 Å². The van der Waals surface area contributed by atoms with Gasteiger partial charge in [0, 0.05) is 19.0 Å². The number of amides is 2. The molecule has 0 bridgehead atoms. The van der Waals surface area contributed by atoms with Crippen LogP contribution in [0.1, 0.15) is 63.5 Å². The van der Waals surface area contributed by atoms with Gasteiger partial charge in [-0.2, -0.15) is 0 Å². The van der Waals surface area contributed by atoms with Crippen molar-refractivity contribution in [1.29, 1.82) is 0 Å². The summed E-state index contributed by atoms with van der Waals surface area (Å²) in [5.74, 6) is 0.900. The van der Waals surface area contributed by atoms with Crippen LogP contribution in [0.3, 0.4) is 0 Å². The van der Waals surface area contributed by atoms with Crippen LogP contribution in [-0.2, 0) is 16.0 Å². The maximum atomic E-state index is 13.0. The summed E-state index contributed by atoms with van der Waals surface area (Å²) in [4.78, 5) is 27.3. The molecule has 2 amide bonds. The molecule has 0 spiro atoms. The second kappa shape index (κ2) is 7.81. The van der Waals surface area contributed by atoms with E-state index in [0.29, 0.717) is 19.4 Å². The minimum absolute atomic E-state index is 0.0341. The van der Waals surface area contributed by atoms with E-state index in [2.05, 4.69) is 43.4 Å². The molecule has 2 aliphatic rings. The molecule has 0 radical (unpaired) electrons. The van der Waals surface area contributed by atoms with Crippen LogP contribution in [0, 0.1) is 12.8 Å². The molecule has 1 aliphatic heterocycles. The molecule has 1 saturated carbocycles. The van der Waals surface area contributed by atoms with E-state index in [0.717, 1.165) is 25.2 Å². The zero-order valence-corrected chi connectivity index (χ0v) is 16.4. The van der Waals surface area contributed by atoms with Gasteiger partial charge in [-0.1, -0.05) is 36.8 Å². The number of hydrogen-bond acceptors (Lipinski definition) is 2. The summed E-state index contributed by atoms with van der Waals surface area (Å²) in [5.41, 5.74) is 1.74. The lowest BCUT2D eigenvalue weighted by Gasteiger charge is -2.36. The minimum atomic E-state index is -0.704. The van der Waals surface area contributed by atoms with Gasteiger partial charge in [0.2, 0.25) is 11.8 Å². The van der Waals surface area contributed by atoms with E-state index in [1.807, 2.05) is 11.8 Å². The Morgan fingerprint density at radius 2 is 1.85 bits per heavy atom. The first-order valence-electron chi connectivity index (χ1n) is 10.1. The number of carbonyl (C=O) groups is 2. The quantitative estimate of drug-likeness (QED) is 0.876. The van der Waals surface area contributed by atoms with E-state index < -0.39 is 5.54 Å². The van der Waals surface area contributed by atoms with Crippen molar-refractivity contribution in [2.45, 2.75) is 77.3 Å². The van der Waals surface area contributed by atoms with Crippen LogP contribution in [0.15, 0.2) is 24.3 Å². The molecule has 4 heteroatoms. The Labute approximate surface area is 157 Å². The monoisotopic (exact) mass is 356 g/mol. The molecule has 1 saturated heterocycles. The molecule has 1 heterocycles. The largest absolute Gasteiger partial charge is 0.351 e. The number of carbonyl (C=O) groups excluding carboxylic acids is 2. The van der Waals surface area contributed by atoms with Gasteiger partial charge >= 0.3 is 0 Å². The van der Waals surface area contributed by atoms with Gasteiger partial charge in [-0.15, -0.1) is 0 Å². The number of hydrogen-bond donors (Lipinski definition) is 1. The second-order valence-corrected chi connectivity index (χ2v) is 8.49. The van der Waals surface area contributed by atoms with E-state index in [1.165, 1.54) is 24.0 Å². The molecule has 142 valence electrons. The van der Waals surface area contributed by atoms with Gasteiger partial charge in [0.1, 0.15) is 5.54 Å². The molecule has 1 atom stereocenters. The third-order valence-corrected chi connectivity index (χ3v) is 6.31. The van der Waals surface area contributed by atoms with Crippen LogP contribution in [0.2, 0.25) is 0 Å². The predicted octanol–water partition coefficient (Wildman–Crippen LogP) is 3.61. The number of rotatable bonds is 5. The Kier molecular flexibility index (Phi) is 5.69. The van der Waals surface area contributed by atoms with Crippen molar-refractivity contribution in [3.05, 3.63) is 35.4 Å². The number of benzene rings is 1. The minimum Gasteiger partial charge on any atom is -0.351 e. The van der Waals surface area contributed by atoms with Crippen molar-refractivity contribution in [3.63, 3.8) is 0 Å². The highest BCUT2D eigenvalue weighted by molar-refractivity contribution is 5.94. The Balaban J connectivity index is 1.62. The van der Waals surface area contributed by atoms with Crippen molar-refractivity contribution in [2.75, 3.05) is 6.54 Å². The van der Waals surface area contributed by atoms with Crippen molar-refractivity contribution in [3.8, 4) is 0 Å². The summed E-state index contributed by atoms with van der Waals surface area (Å²) >= 11 is 0. The molecule has 1 unspecified atom stereocenters. The number of aryl methyl sites for hydroxylation is 1. The summed E-state index contributed by atoms with van der Waals surface area (Å²) < 4.78 is 0. The fraction of sp³-hybridized carbons (Fsp3) is 0.636. The second-order valence-electron chi connectivity index (χ2n) is 8.49. The van der Waals surface area contributed by atoms with Gasteiger partial charge in [-0.05, 0) is 63.9 Å². The molecule has 0 aromatic heterocycles. The van der Waals surface area contributed by atoms with E-state index in [4.69, 9.17) is 0 Å². The fourth-order valence-corrected chi connectivity index (χ4v) is 4.24. The summed E-state index contributed by atoms with van der Waals surface area (Å²) in [7, 11) is 0. The van der Waals surface area contributed by atoms with E-state index >= 15 is 0 Å². The molecule has 1 aromatic carbocycles. The zero-order valence-electron chi connectivity index (χ0n) is 16.4. The van der Waals surface area contributed by atoms with E-state index in [1.54, 1.807) is 0 Å². The third-order valence-electron chi connectivity index (χ3n) is 6.31. The Morgan fingerprint density at radius 1 is 1.19 bits per heavy atom. The molecule has 26 heavy (non-hydrogen) atoms. The van der Waals surface area contributed by atoms with Crippen molar-refractivity contribution in [1.82, 2.24) is 10.2 Å². The normalized spacial score (nSPS) is 29.0. The summed E-state index contributed by atoms with van der Waals surface area (Å²) in [6.07, 6.45) is 6.35. The smallest absolute Gasteiger partial charge is 0.245 e. The number of likely N-dealkylation sites (tertiary alicyclic amines) is 1. The topological polar surface area (TPSA) is 49.4 Å². The highest BCUT2D eigenvalue weighted by Gasteiger charge is 2.47. The van der Waals surface area contributed by atoms with Crippen molar-refractivity contribution < 1.29 is 9.59 Å². The van der Waals surface area contributed by atoms with Crippen LogP contribution < -0.4 is 5.32 Å². The van der Waals surface area contributed by atoms with Crippen LogP contribution in [0.4, 0.5) is 0 Å². The average Bonchev–Trinajstić information content (AvgIpc) is 2.92. The Bertz CT molecular complexity index is 647. The first-order chi connectivity index (χ1) is 12.4. The van der Waals surface area contributed by atoms with Gasteiger partial charge < -0.3 is 10.2 Å². The molecular weight excluding hydrogens is 324 g/mol.